The van der Waals surface area contributed by atoms with E-state index in [2.05, 4.69) is 10.3 Å². The van der Waals surface area contributed by atoms with Crippen molar-refractivity contribution in [3.05, 3.63) is 48.7 Å². The predicted molar refractivity (Wildman–Crippen MR) is 70.9 cm³/mol. The molecule has 1 aliphatic heterocycles. The molecule has 1 N–H and O–H groups in total. The lowest BCUT2D eigenvalue weighted by molar-refractivity contribution is 0.0791. The SMILES string of the molecule is O=C(c1ccoc1)N1CC[C@H](Nc2cccnc2)C1. The van der Waals surface area contributed by atoms with Crippen molar-refractivity contribution >= 4 is 11.6 Å². The highest BCUT2D eigenvalue weighted by atomic mass is 16.3. The lowest BCUT2D eigenvalue weighted by Gasteiger charge is -2.16. The second-order valence-electron chi connectivity index (χ2n) is 4.63. The number of aromatic nitrogens is 1. The zero-order valence-corrected chi connectivity index (χ0v) is 10.5. The van der Waals surface area contributed by atoms with Gasteiger partial charge in [-0.15, -0.1) is 0 Å². The number of nitrogens with zero attached hydrogens (tertiary/aromatic N) is 2. The van der Waals surface area contributed by atoms with Crippen LogP contribution in [0.3, 0.4) is 0 Å². The van der Waals surface area contributed by atoms with E-state index < -0.39 is 0 Å². The Labute approximate surface area is 111 Å². The quantitative estimate of drug-likeness (QED) is 0.913. The molecular formula is C14H15N3O2. The molecule has 3 rings (SSSR count). The maximum absolute atomic E-state index is 12.1. The number of likely N-dealkylation sites (tertiary alicyclic amines) is 1. The van der Waals surface area contributed by atoms with Crippen LogP contribution in [0.25, 0.3) is 0 Å². The van der Waals surface area contributed by atoms with Gasteiger partial charge in [0.2, 0.25) is 0 Å². The van der Waals surface area contributed by atoms with Crippen molar-refractivity contribution in [1.29, 1.82) is 0 Å². The number of rotatable bonds is 3. The molecule has 2 aromatic rings. The van der Waals surface area contributed by atoms with Crippen molar-refractivity contribution in [2.45, 2.75) is 12.5 Å². The smallest absolute Gasteiger partial charge is 0.257 e. The number of amides is 1. The molecule has 0 aliphatic carbocycles. The minimum absolute atomic E-state index is 0.0317. The molecular weight excluding hydrogens is 242 g/mol. The van der Waals surface area contributed by atoms with Crippen LogP contribution >= 0.6 is 0 Å². The van der Waals surface area contributed by atoms with Gasteiger partial charge in [0.05, 0.1) is 17.5 Å². The highest BCUT2D eigenvalue weighted by Crippen LogP contribution is 2.17. The van der Waals surface area contributed by atoms with Gasteiger partial charge in [-0.1, -0.05) is 0 Å². The van der Waals surface area contributed by atoms with Gasteiger partial charge in [0.25, 0.3) is 5.91 Å². The van der Waals surface area contributed by atoms with Gasteiger partial charge in [0.15, 0.2) is 0 Å². The number of carbonyl (C=O) groups excluding carboxylic acids is 1. The summed E-state index contributed by atoms with van der Waals surface area (Å²) in [5.74, 6) is 0.0317. The van der Waals surface area contributed by atoms with E-state index in [0.717, 1.165) is 18.7 Å². The number of furan rings is 1. The molecule has 5 heteroatoms. The summed E-state index contributed by atoms with van der Waals surface area (Å²) in [5, 5.41) is 3.39. The fraction of sp³-hybridized carbons (Fsp3) is 0.286. The normalized spacial score (nSPS) is 18.5. The minimum Gasteiger partial charge on any atom is -0.472 e. The van der Waals surface area contributed by atoms with Crippen molar-refractivity contribution in [1.82, 2.24) is 9.88 Å². The van der Waals surface area contributed by atoms with Crippen LogP contribution in [0.2, 0.25) is 0 Å². The van der Waals surface area contributed by atoms with E-state index in [9.17, 15) is 4.79 Å². The summed E-state index contributed by atoms with van der Waals surface area (Å²) in [6.07, 6.45) is 7.49. The Morgan fingerprint density at radius 1 is 1.47 bits per heavy atom. The first-order chi connectivity index (χ1) is 9.33. The third-order valence-electron chi connectivity index (χ3n) is 3.28. The molecule has 0 bridgehead atoms. The number of anilines is 1. The Hall–Kier alpha value is -2.30. The average Bonchev–Trinajstić information content (AvgIpc) is 3.10. The monoisotopic (exact) mass is 257 g/mol. The summed E-state index contributed by atoms with van der Waals surface area (Å²) in [4.78, 5) is 18.0. The molecule has 1 fully saturated rings. The van der Waals surface area contributed by atoms with Crippen molar-refractivity contribution in [2.24, 2.45) is 0 Å². The largest absolute Gasteiger partial charge is 0.472 e. The highest BCUT2D eigenvalue weighted by molar-refractivity contribution is 5.94. The van der Waals surface area contributed by atoms with Gasteiger partial charge in [-0.3, -0.25) is 9.78 Å². The molecule has 98 valence electrons. The average molecular weight is 257 g/mol. The van der Waals surface area contributed by atoms with Gasteiger partial charge >= 0.3 is 0 Å². The fourth-order valence-corrected chi connectivity index (χ4v) is 2.32. The molecule has 5 nitrogen and oxygen atoms in total. The molecule has 0 radical (unpaired) electrons. The summed E-state index contributed by atoms with van der Waals surface area (Å²) in [6.45, 7) is 1.47. The molecule has 1 aliphatic rings. The standard InChI is InChI=1S/C14H15N3O2/c18-14(11-4-7-19-10-11)17-6-3-13(9-17)16-12-2-1-5-15-8-12/h1-2,4-5,7-8,10,13,16H,3,6,9H2/t13-/m0/s1. The van der Waals surface area contributed by atoms with Crippen LogP contribution in [0.4, 0.5) is 5.69 Å². The first-order valence-corrected chi connectivity index (χ1v) is 6.31. The first kappa shape index (κ1) is 11.8. The molecule has 19 heavy (non-hydrogen) atoms. The van der Waals surface area contributed by atoms with E-state index in [1.54, 1.807) is 18.5 Å². The van der Waals surface area contributed by atoms with Crippen molar-refractivity contribution in [2.75, 3.05) is 18.4 Å². The summed E-state index contributed by atoms with van der Waals surface area (Å²) in [5.41, 5.74) is 1.60. The predicted octanol–water partition coefficient (Wildman–Crippen LogP) is 2.00. The first-order valence-electron chi connectivity index (χ1n) is 6.31. The van der Waals surface area contributed by atoms with Crippen molar-refractivity contribution < 1.29 is 9.21 Å². The molecule has 1 atom stereocenters. The van der Waals surface area contributed by atoms with E-state index in [0.29, 0.717) is 12.1 Å². The van der Waals surface area contributed by atoms with Crippen LogP contribution in [0.5, 0.6) is 0 Å². The molecule has 0 spiro atoms. The lowest BCUT2D eigenvalue weighted by atomic mass is 10.2. The van der Waals surface area contributed by atoms with E-state index >= 15 is 0 Å². The van der Waals surface area contributed by atoms with Crippen LogP contribution in [-0.4, -0.2) is 34.9 Å². The molecule has 3 heterocycles. The van der Waals surface area contributed by atoms with E-state index in [4.69, 9.17) is 4.42 Å². The summed E-state index contributed by atoms with van der Waals surface area (Å²) in [6, 6.07) is 5.85. The number of nitrogens with one attached hydrogen (secondary N) is 1. The van der Waals surface area contributed by atoms with Gasteiger partial charge in [0.1, 0.15) is 6.26 Å². The summed E-state index contributed by atoms with van der Waals surface area (Å²) < 4.78 is 4.95. The van der Waals surface area contributed by atoms with Crippen LogP contribution in [-0.2, 0) is 0 Å². The third kappa shape index (κ3) is 2.59. The van der Waals surface area contributed by atoms with Crippen molar-refractivity contribution in [3.63, 3.8) is 0 Å². The number of carbonyl (C=O) groups is 1. The topological polar surface area (TPSA) is 58.4 Å². The zero-order chi connectivity index (χ0) is 13.1. The zero-order valence-electron chi connectivity index (χ0n) is 10.5. The van der Waals surface area contributed by atoms with Gasteiger partial charge in [-0.05, 0) is 24.6 Å². The second kappa shape index (κ2) is 5.14. The van der Waals surface area contributed by atoms with Crippen LogP contribution < -0.4 is 5.32 Å². The number of hydrogen-bond acceptors (Lipinski definition) is 4. The van der Waals surface area contributed by atoms with E-state index in [1.807, 2.05) is 17.0 Å². The van der Waals surface area contributed by atoms with Crippen LogP contribution in [0, 0.1) is 0 Å². The molecule has 0 unspecified atom stereocenters. The second-order valence-corrected chi connectivity index (χ2v) is 4.63. The van der Waals surface area contributed by atoms with Crippen LogP contribution in [0.15, 0.2) is 47.5 Å². The Bertz CT molecular complexity index is 539. The van der Waals surface area contributed by atoms with Gasteiger partial charge in [-0.2, -0.15) is 0 Å². The molecule has 2 aromatic heterocycles. The Balaban J connectivity index is 1.60. The van der Waals surface area contributed by atoms with E-state index in [1.165, 1.54) is 12.5 Å². The summed E-state index contributed by atoms with van der Waals surface area (Å²) >= 11 is 0. The Kier molecular flexibility index (Phi) is 3.18. The number of pyridine rings is 1. The molecule has 1 amide bonds. The van der Waals surface area contributed by atoms with E-state index in [-0.39, 0.29) is 11.9 Å². The number of hydrogen-bond donors (Lipinski definition) is 1. The van der Waals surface area contributed by atoms with Gasteiger partial charge in [-0.25, -0.2) is 0 Å². The Morgan fingerprint density at radius 2 is 2.42 bits per heavy atom. The fourth-order valence-electron chi connectivity index (χ4n) is 2.32. The van der Waals surface area contributed by atoms with Gasteiger partial charge in [0, 0.05) is 31.5 Å². The highest BCUT2D eigenvalue weighted by Gasteiger charge is 2.27. The molecule has 0 aromatic carbocycles. The third-order valence-corrected chi connectivity index (χ3v) is 3.28. The minimum atomic E-state index is 0.0317. The Morgan fingerprint density at radius 3 is 3.16 bits per heavy atom. The van der Waals surface area contributed by atoms with Crippen molar-refractivity contribution in [3.8, 4) is 0 Å². The maximum atomic E-state index is 12.1. The summed E-state index contributed by atoms with van der Waals surface area (Å²) in [7, 11) is 0. The maximum Gasteiger partial charge on any atom is 0.257 e. The van der Waals surface area contributed by atoms with Gasteiger partial charge < -0.3 is 14.6 Å². The lowest BCUT2D eigenvalue weighted by Crippen LogP contribution is -2.31. The van der Waals surface area contributed by atoms with Crippen LogP contribution in [0.1, 0.15) is 16.8 Å². The molecule has 0 saturated carbocycles. The molecule has 1 saturated heterocycles.